The van der Waals surface area contributed by atoms with Crippen LogP contribution >= 0.6 is 11.3 Å². The third-order valence-electron chi connectivity index (χ3n) is 2.86. The van der Waals surface area contributed by atoms with Crippen molar-refractivity contribution in [3.63, 3.8) is 0 Å². The molecule has 3 heteroatoms. The molecule has 1 aromatic rings. The molecule has 100 valence electrons. The second-order valence-corrected chi connectivity index (χ2v) is 5.25. The van der Waals surface area contributed by atoms with Gasteiger partial charge in [-0.1, -0.05) is 32.3 Å². The normalized spacial score (nSPS) is 11.0. The van der Waals surface area contributed by atoms with Crippen molar-refractivity contribution in [3.8, 4) is 0 Å². The number of methoxy groups -OCH3 is 1. The lowest BCUT2D eigenvalue weighted by Gasteiger charge is -2.00. The Morgan fingerprint density at radius 1 is 1.39 bits per heavy atom. The van der Waals surface area contributed by atoms with Gasteiger partial charge in [0, 0.05) is 4.88 Å². The highest BCUT2D eigenvalue weighted by Crippen LogP contribution is 2.21. The number of rotatable bonds is 8. The lowest BCUT2D eigenvalue weighted by molar-refractivity contribution is -0.139. The van der Waals surface area contributed by atoms with E-state index in [1.807, 2.05) is 12.2 Å². The molecule has 0 bridgehead atoms. The fourth-order valence-electron chi connectivity index (χ4n) is 1.79. The van der Waals surface area contributed by atoms with Gasteiger partial charge in [0.1, 0.15) is 0 Å². The molecule has 0 saturated heterocycles. The SMILES string of the molecule is CCCCCCc1ccsc1C=CCC(=O)OC. The molecule has 1 heterocycles. The van der Waals surface area contributed by atoms with E-state index in [4.69, 9.17) is 0 Å². The van der Waals surface area contributed by atoms with Crippen LogP contribution in [0.1, 0.15) is 49.5 Å². The van der Waals surface area contributed by atoms with Gasteiger partial charge in [0.15, 0.2) is 0 Å². The summed E-state index contributed by atoms with van der Waals surface area (Å²) in [7, 11) is 1.42. The van der Waals surface area contributed by atoms with Gasteiger partial charge >= 0.3 is 5.97 Å². The molecular weight excluding hydrogens is 244 g/mol. The molecular formula is C15H22O2S. The van der Waals surface area contributed by atoms with Gasteiger partial charge in [-0.25, -0.2) is 0 Å². The second-order valence-electron chi connectivity index (χ2n) is 4.30. The average molecular weight is 266 g/mol. The molecule has 0 aromatic carbocycles. The van der Waals surface area contributed by atoms with Gasteiger partial charge in [-0.3, -0.25) is 4.79 Å². The molecule has 18 heavy (non-hydrogen) atoms. The Bertz CT molecular complexity index is 380. The van der Waals surface area contributed by atoms with Crippen LogP contribution in [0.15, 0.2) is 17.5 Å². The smallest absolute Gasteiger partial charge is 0.309 e. The summed E-state index contributed by atoms with van der Waals surface area (Å²) in [6, 6.07) is 2.19. The molecule has 0 aliphatic heterocycles. The Morgan fingerprint density at radius 2 is 2.22 bits per heavy atom. The van der Waals surface area contributed by atoms with E-state index >= 15 is 0 Å². The Kier molecular flexibility index (Phi) is 7.42. The van der Waals surface area contributed by atoms with Crippen LogP contribution in [0.4, 0.5) is 0 Å². The van der Waals surface area contributed by atoms with Crippen LogP contribution in [0.25, 0.3) is 6.08 Å². The van der Waals surface area contributed by atoms with Crippen molar-refractivity contribution in [2.24, 2.45) is 0 Å². The minimum Gasteiger partial charge on any atom is -0.469 e. The summed E-state index contributed by atoms with van der Waals surface area (Å²) in [5.74, 6) is -0.188. The van der Waals surface area contributed by atoms with E-state index in [0.29, 0.717) is 6.42 Å². The molecule has 0 aliphatic rings. The summed E-state index contributed by atoms with van der Waals surface area (Å²) >= 11 is 1.73. The predicted octanol–water partition coefficient (Wildman–Crippen LogP) is 4.45. The van der Waals surface area contributed by atoms with Gasteiger partial charge in [-0.2, -0.15) is 0 Å². The first-order valence-corrected chi connectivity index (χ1v) is 7.45. The number of carbonyl (C=O) groups excluding carboxylic acids is 1. The van der Waals surface area contributed by atoms with E-state index in [2.05, 4.69) is 23.1 Å². The van der Waals surface area contributed by atoms with E-state index < -0.39 is 0 Å². The number of esters is 1. The number of hydrogen-bond acceptors (Lipinski definition) is 3. The fourth-order valence-corrected chi connectivity index (χ4v) is 2.66. The standard InChI is InChI=1S/C15H22O2S/c1-3-4-5-6-8-13-11-12-18-14(13)9-7-10-15(16)17-2/h7,9,11-12H,3-6,8,10H2,1-2H3. The van der Waals surface area contributed by atoms with Crippen molar-refractivity contribution in [1.29, 1.82) is 0 Å². The summed E-state index contributed by atoms with van der Waals surface area (Å²) in [6.45, 7) is 2.23. The molecule has 0 fully saturated rings. The van der Waals surface area contributed by atoms with Crippen LogP contribution in [0.3, 0.4) is 0 Å². The first-order valence-electron chi connectivity index (χ1n) is 6.57. The maximum atomic E-state index is 11.0. The Labute approximate surface area is 114 Å². The molecule has 0 saturated carbocycles. The van der Waals surface area contributed by atoms with Gasteiger partial charge in [0.2, 0.25) is 0 Å². The van der Waals surface area contributed by atoms with Crippen molar-refractivity contribution in [3.05, 3.63) is 28.0 Å². The van der Waals surface area contributed by atoms with Crippen LogP contribution in [0.5, 0.6) is 0 Å². The van der Waals surface area contributed by atoms with Crippen LogP contribution in [-0.2, 0) is 16.0 Å². The van der Waals surface area contributed by atoms with E-state index in [1.54, 1.807) is 11.3 Å². The van der Waals surface area contributed by atoms with Gasteiger partial charge in [-0.15, -0.1) is 11.3 Å². The first kappa shape index (κ1) is 15.0. The maximum absolute atomic E-state index is 11.0. The second kappa shape index (κ2) is 8.92. The molecule has 0 unspecified atom stereocenters. The van der Waals surface area contributed by atoms with Gasteiger partial charge in [0.05, 0.1) is 13.5 Å². The number of carbonyl (C=O) groups is 1. The van der Waals surface area contributed by atoms with Crippen LogP contribution < -0.4 is 0 Å². The largest absolute Gasteiger partial charge is 0.469 e. The zero-order chi connectivity index (χ0) is 13.2. The number of thiophene rings is 1. The third kappa shape index (κ3) is 5.50. The fraction of sp³-hybridized carbons (Fsp3) is 0.533. The highest BCUT2D eigenvalue weighted by atomic mass is 32.1. The molecule has 2 nitrogen and oxygen atoms in total. The lowest BCUT2D eigenvalue weighted by Crippen LogP contribution is -1.96. The highest BCUT2D eigenvalue weighted by Gasteiger charge is 2.01. The molecule has 0 atom stereocenters. The van der Waals surface area contributed by atoms with Gasteiger partial charge in [0.25, 0.3) is 0 Å². The van der Waals surface area contributed by atoms with Crippen molar-refractivity contribution >= 4 is 23.4 Å². The summed E-state index contributed by atoms with van der Waals surface area (Å²) in [6.07, 6.45) is 10.6. The number of aryl methyl sites for hydroxylation is 1. The van der Waals surface area contributed by atoms with Crippen molar-refractivity contribution in [1.82, 2.24) is 0 Å². The minimum atomic E-state index is -0.188. The first-order chi connectivity index (χ1) is 8.77. The Balaban J connectivity index is 2.41. The Morgan fingerprint density at radius 3 is 2.94 bits per heavy atom. The summed E-state index contributed by atoms with van der Waals surface area (Å²) in [5.41, 5.74) is 1.40. The zero-order valence-corrected chi connectivity index (χ0v) is 12.1. The summed E-state index contributed by atoms with van der Waals surface area (Å²) in [4.78, 5) is 12.3. The van der Waals surface area contributed by atoms with Crippen molar-refractivity contribution in [2.45, 2.75) is 45.4 Å². The highest BCUT2D eigenvalue weighted by molar-refractivity contribution is 7.11. The van der Waals surface area contributed by atoms with Crippen LogP contribution in [-0.4, -0.2) is 13.1 Å². The minimum absolute atomic E-state index is 0.188. The van der Waals surface area contributed by atoms with E-state index in [-0.39, 0.29) is 5.97 Å². The molecule has 0 spiro atoms. The van der Waals surface area contributed by atoms with Crippen molar-refractivity contribution in [2.75, 3.05) is 7.11 Å². The summed E-state index contributed by atoms with van der Waals surface area (Å²) in [5, 5.41) is 2.12. The quantitative estimate of drug-likeness (QED) is 0.513. The molecule has 0 amide bonds. The number of hydrogen-bond donors (Lipinski definition) is 0. The van der Waals surface area contributed by atoms with Gasteiger partial charge in [-0.05, 0) is 35.9 Å². The summed E-state index contributed by atoms with van der Waals surface area (Å²) < 4.78 is 4.60. The Hall–Kier alpha value is -1.09. The zero-order valence-electron chi connectivity index (χ0n) is 11.3. The molecule has 0 aliphatic carbocycles. The number of ether oxygens (including phenoxy) is 1. The van der Waals surface area contributed by atoms with Crippen LogP contribution in [0.2, 0.25) is 0 Å². The van der Waals surface area contributed by atoms with Crippen molar-refractivity contribution < 1.29 is 9.53 Å². The van der Waals surface area contributed by atoms with E-state index in [1.165, 1.54) is 43.2 Å². The lowest BCUT2D eigenvalue weighted by atomic mass is 10.1. The predicted molar refractivity (Wildman–Crippen MR) is 77.8 cm³/mol. The van der Waals surface area contributed by atoms with Gasteiger partial charge < -0.3 is 4.74 Å². The monoisotopic (exact) mass is 266 g/mol. The molecule has 0 radical (unpaired) electrons. The van der Waals surface area contributed by atoms with E-state index in [9.17, 15) is 4.79 Å². The van der Waals surface area contributed by atoms with E-state index in [0.717, 1.165) is 6.42 Å². The van der Waals surface area contributed by atoms with Crippen LogP contribution in [0, 0.1) is 0 Å². The number of unbranched alkanes of at least 4 members (excludes halogenated alkanes) is 3. The molecule has 0 N–H and O–H groups in total. The average Bonchev–Trinajstić information content (AvgIpc) is 2.82. The topological polar surface area (TPSA) is 26.3 Å². The molecule has 1 rings (SSSR count). The third-order valence-corrected chi connectivity index (χ3v) is 3.79. The molecule has 1 aromatic heterocycles. The maximum Gasteiger partial charge on any atom is 0.309 e.